The fourth-order valence-corrected chi connectivity index (χ4v) is 2.77. The first-order valence-corrected chi connectivity index (χ1v) is 8.77. The molecule has 0 aliphatic heterocycles. The second kappa shape index (κ2) is 9.03. The summed E-state index contributed by atoms with van der Waals surface area (Å²) in [5, 5.41) is 27.8. The van der Waals surface area contributed by atoms with Crippen LogP contribution >= 0.6 is 0 Å². The Bertz CT molecular complexity index is 1150. The van der Waals surface area contributed by atoms with Gasteiger partial charge in [-0.05, 0) is 35.9 Å². The Morgan fingerprint density at radius 3 is 2.28 bits per heavy atom. The number of allylic oxidation sites excluding steroid dienone is 1. The zero-order chi connectivity index (χ0) is 20.6. The van der Waals surface area contributed by atoms with Gasteiger partial charge in [0.15, 0.2) is 0 Å². The summed E-state index contributed by atoms with van der Waals surface area (Å²) in [4.78, 5) is 11.0. The van der Waals surface area contributed by atoms with E-state index in [1.54, 1.807) is 36.4 Å². The molecule has 29 heavy (non-hydrogen) atoms. The number of benzene rings is 3. The van der Waals surface area contributed by atoms with Crippen molar-refractivity contribution in [2.75, 3.05) is 0 Å². The number of nitrogens with zero attached hydrogens (tertiary/aromatic N) is 2. The van der Waals surface area contributed by atoms with E-state index in [1.807, 2.05) is 30.3 Å². The highest BCUT2D eigenvalue weighted by atomic mass is 16.5. The Morgan fingerprint density at radius 2 is 1.59 bits per heavy atom. The van der Waals surface area contributed by atoms with Crippen LogP contribution in [0.3, 0.4) is 0 Å². The molecule has 0 saturated carbocycles. The van der Waals surface area contributed by atoms with Crippen molar-refractivity contribution in [3.8, 4) is 17.9 Å². The molecule has 5 nitrogen and oxygen atoms in total. The molecule has 5 heteroatoms. The number of aromatic carboxylic acids is 1. The molecule has 0 radical (unpaired) electrons. The zero-order valence-corrected chi connectivity index (χ0v) is 15.4. The van der Waals surface area contributed by atoms with Crippen LogP contribution in [0.1, 0.15) is 32.6 Å². The number of hydrogen-bond acceptors (Lipinski definition) is 4. The van der Waals surface area contributed by atoms with E-state index in [9.17, 15) is 15.3 Å². The SMILES string of the molecule is N#C/C(=C/c1ccccc1OCc1ccccc1C#N)c1ccc(C(=O)O)cc1. The van der Waals surface area contributed by atoms with Gasteiger partial charge in [0, 0.05) is 11.1 Å². The molecule has 0 aliphatic rings. The first-order chi connectivity index (χ1) is 14.1. The van der Waals surface area contributed by atoms with Crippen molar-refractivity contribution in [2.45, 2.75) is 6.61 Å². The number of carboxylic acids is 1. The first kappa shape index (κ1) is 19.4. The highest BCUT2D eigenvalue weighted by Crippen LogP contribution is 2.26. The zero-order valence-electron chi connectivity index (χ0n) is 15.4. The fraction of sp³-hybridized carbons (Fsp3) is 0.0417. The summed E-state index contributed by atoms with van der Waals surface area (Å²) in [6, 6.07) is 24.9. The van der Waals surface area contributed by atoms with Gasteiger partial charge >= 0.3 is 5.97 Å². The van der Waals surface area contributed by atoms with E-state index in [0.717, 1.165) is 5.56 Å². The van der Waals surface area contributed by atoms with E-state index in [0.29, 0.717) is 28.0 Å². The summed E-state index contributed by atoms with van der Waals surface area (Å²) < 4.78 is 5.91. The predicted molar refractivity (Wildman–Crippen MR) is 109 cm³/mol. The Kier molecular flexibility index (Phi) is 6.05. The van der Waals surface area contributed by atoms with Gasteiger partial charge in [0.25, 0.3) is 0 Å². The molecule has 0 aliphatic carbocycles. The number of carbonyl (C=O) groups is 1. The van der Waals surface area contributed by atoms with Gasteiger partial charge in [-0.3, -0.25) is 0 Å². The van der Waals surface area contributed by atoms with Crippen molar-refractivity contribution in [3.63, 3.8) is 0 Å². The number of para-hydroxylation sites is 1. The summed E-state index contributed by atoms with van der Waals surface area (Å²) in [5.41, 5.74) is 3.19. The monoisotopic (exact) mass is 380 g/mol. The standard InChI is InChI=1S/C24H16N2O3/c25-14-20-6-1-2-7-21(20)16-29-23-8-4-3-5-19(23)13-22(15-26)17-9-11-18(12-10-17)24(27)28/h1-13H,16H2,(H,27,28)/b22-13-. The van der Waals surface area contributed by atoms with Crippen LogP contribution < -0.4 is 4.74 Å². The summed E-state index contributed by atoms with van der Waals surface area (Å²) in [5.74, 6) is -0.439. The molecule has 3 aromatic rings. The largest absolute Gasteiger partial charge is 0.488 e. The quantitative estimate of drug-likeness (QED) is 0.485. The van der Waals surface area contributed by atoms with Gasteiger partial charge in [-0.2, -0.15) is 10.5 Å². The fourth-order valence-electron chi connectivity index (χ4n) is 2.77. The van der Waals surface area contributed by atoms with E-state index >= 15 is 0 Å². The minimum Gasteiger partial charge on any atom is -0.488 e. The second-order valence-corrected chi connectivity index (χ2v) is 6.15. The van der Waals surface area contributed by atoms with Gasteiger partial charge in [-0.15, -0.1) is 0 Å². The minimum atomic E-state index is -1.02. The third kappa shape index (κ3) is 4.68. The molecule has 0 saturated heterocycles. The normalized spacial score (nSPS) is 10.6. The summed E-state index contributed by atoms with van der Waals surface area (Å²) in [7, 11) is 0. The predicted octanol–water partition coefficient (Wildman–Crippen LogP) is 4.90. The average Bonchev–Trinajstić information content (AvgIpc) is 2.77. The molecule has 140 valence electrons. The molecule has 0 aromatic heterocycles. The molecule has 3 aromatic carbocycles. The van der Waals surface area contributed by atoms with Crippen LogP contribution in [0.4, 0.5) is 0 Å². The molecule has 3 rings (SSSR count). The van der Waals surface area contributed by atoms with Crippen LogP contribution in [0, 0.1) is 22.7 Å². The average molecular weight is 380 g/mol. The van der Waals surface area contributed by atoms with E-state index in [2.05, 4.69) is 12.1 Å². The third-order valence-corrected chi connectivity index (χ3v) is 4.30. The van der Waals surface area contributed by atoms with Crippen molar-refractivity contribution in [2.24, 2.45) is 0 Å². The number of rotatable bonds is 6. The van der Waals surface area contributed by atoms with Crippen LogP contribution in [0.15, 0.2) is 72.8 Å². The van der Waals surface area contributed by atoms with Gasteiger partial charge in [0.1, 0.15) is 12.4 Å². The lowest BCUT2D eigenvalue weighted by Gasteiger charge is -2.11. The molecule has 0 atom stereocenters. The summed E-state index contributed by atoms with van der Waals surface area (Å²) >= 11 is 0. The first-order valence-electron chi connectivity index (χ1n) is 8.77. The second-order valence-electron chi connectivity index (χ2n) is 6.15. The maximum Gasteiger partial charge on any atom is 0.335 e. The van der Waals surface area contributed by atoms with E-state index in [4.69, 9.17) is 9.84 Å². The number of hydrogen-bond donors (Lipinski definition) is 1. The Morgan fingerprint density at radius 1 is 0.931 bits per heavy atom. The molecule has 0 amide bonds. The van der Waals surface area contributed by atoms with Gasteiger partial charge in [0.2, 0.25) is 0 Å². The summed E-state index contributed by atoms with van der Waals surface area (Å²) in [6.07, 6.45) is 1.70. The number of carboxylic acid groups (broad SMARTS) is 1. The van der Waals surface area contributed by atoms with E-state index in [1.165, 1.54) is 12.1 Å². The van der Waals surface area contributed by atoms with Gasteiger partial charge in [-0.25, -0.2) is 4.79 Å². The lowest BCUT2D eigenvalue weighted by atomic mass is 10.0. The highest BCUT2D eigenvalue weighted by Gasteiger charge is 2.08. The van der Waals surface area contributed by atoms with E-state index in [-0.39, 0.29) is 12.2 Å². The van der Waals surface area contributed by atoms with Crippen LogP contribution in [0.2, 0.25) is 0 Å². The van der Waals surface area contributed by atoms with Gasteiger partial charge in [0.05, 0.1) is 28.8 Å². The number of nitriles is 2. The highest BCUT2D eigenvalue weighted by molar-refractivity contribution is 5.92. The summed E-state index contributed by atoms with van der Waals surface area (Å²) in [6.45, 7) is 0.226. The van der Waals surface area contributed by atoms with Crippen LogP contribution in [0.25, 0.3) is 11.6 Å². The molecule has 0 unspecified atom stereocenters. The molecule has 0 heterocycles. The molecule has 1 N–H and O–H groups in total. The van der Waals surface area contributed by atoms with Gasteiger partial charge < -0.3 is 9.84 Å². The maximum absolute atomic E-state index is 11.0. The molecule has 0 spiro atoms. The smallest absolute Gasteiger partial charge is 0.335 e. The Balaban J connectivity index is 1.88. The number of ether oxygens (including phenoxy) is 1. The molecular formula is C24H16N2O3. The van der Waals surface area contributed by atoms with E-state index < -0.39 is 5.97 Å². The van der Waals surface area contributed by atoms with Crippen LogP contribution in [0.5, 0.6) is 5.75 Å². The lowest BCUT2D eigenvalue weighted by molar-refractivity contribution is 0.0697. The van der Waals surface area contributed by atoms with Gasteiger partial charge in [-0.1, -0.05) is 48.5 Å². The van der Waals surface area contributed by atoms with Crippen molar-refractivity contribution in [1.82, 2.24) is 0 Å². The van der Waals surface area contributed by atoms with Crippen molar-refractivity contribution in [3.05, 3.63) is 101 Å². The molecule has 0 bridgehead atoms. The lowest BCUT2D eigenvalue weighted by Crippen LogP contribution is -1.99. The molecule has 0 fully saturated rings. The van der Waals surface area contributed by atoms with Crippen molar-refractivity contribution >= 4 is 17.6 Å². The topological polar surface area (TPSA) is 94.1 Å². The van der Waals surface area contributed by atoms with Crippen LogP contribution in [-0.4, -0.2) is 11.1 Å². The Labute approximate surface area is 168 Å². The third-order valence-electron chi connectivity index (χ3n) is 4.30. The maximum atomic E-state index is 11.0. The molecular weight excluding hydrogens is 364 g/mol. The van der Waals surface area contributed by atoms with Crippen molar-refractivity contribution in [1.29, 1.82) is 10.5 Å². The van der Waals surface area contributed by atoms with Crippen molar-refractivity contribution < 1.29 is 14.6 Å². The Hall–Kier alpha value is -4.35. The van der Waals surface area contributed by atoms with Crippen LogP contribution in [-0.2, 0) is 6.61 Å². The minimum absolute atomic E-state index is 0.158.